The van der Waals surface area contributed by atoms with Crippen molar-refractivity contribution >= 4 is 5.96 Å². The second-order valence-corrected chi connectivity index (χ2v) is 6.42. The molecule has 0 aliphatic heterocycles. The van der Waals surface area contributed by atoms with Crippen LogP contribution in [-0.2, 0) is 6.54 Å². The number of nitrogens with one attached hydrogen (secondary N) is 1. The summed E-state index contributed by atoms with van der Waals surface area (Å²) in [5, 5.41) is 3.37. The zero-order valence-electron chi connectivity index (χ0n) is 16.5. The molecule has 1 N–H and O–H groups in total. The molecule has 0 atom stereocenters. The van der Waals surface area contributed by atoms with E-state index < -0.39 is 0 Å². The molecule has 27 heavy (non-hydrogen) atoms. The Bertz CT molecular complexity index is 771. The van der Waals surface area contributed by atoms with Crippen LogP contribution in [0.3, 0.4) is 0 Å². The fourth-order valence-electron chi connectivity index (χ4n) is 2.81. The summed E-state index contributed by atoms with van der Waals surface area (Å²) in [4.78, 5) is 18.2. The van der Waals surface area contributed by atoms with Crippen molar-refractivity contribution in [2.24, 2.45) is 4.99 Å². The second kappa shape index (κ2) is 11.1. The molecule has 0 bridgehead atoms. The molecular formula is C21H30N4O2. The number of likely N-dealkylation sites (N-methyl/N-ethyl adjacent to an activating group) is 1. The van der Waals surface area contributed by atoms with Crippen molar-refractivity contribution in [1.82, 2.24) is 14.8 Å². The highest BCUT2D eigenvalue weighted by Crippen LogP contribution is 2.07. The molecule has 2 aromatic rings. The molecule has 2 rings (SSSR count). The van der Waals surface area contributed by atoms with Crippen LogP contribution < -0.4 is 15.6 Å². The van der Waals surface area contributed by atoms with Crippen LogP contribution in [0.15, 0.2) is 58.3 Å². The third-order valence-electron chi connectivity index (χ3n) is 4.37. The smallest absolute Gasteiger partial charge is 0.250 e. The number of nitrogens with zero attached hydrogens (tertiary/aromatic N) is 3. The predicted octanol–water partition coefficient (Wildman–Crippen LogP) is 2.52. The van der Waals surface area contributed by atoms with Gasteiger partial charge in [-0.15, -0.1) is 0 Å². The first kappa shape index (κ1) is 20.6. The van der Waals surface area contributed by atoms with E-state index in [-0.39, 0.29) is 5.56 Å². The molecule has 6 heteroatoms. The zero-order chi connectivity index (χ0) is 19.5. The maximum absolute atomic E-state index is 11.9. The molecule has 0 saturated carbocycles. The van der Waals surface area contributed by atoms with Crippen molar-refractivity contribution in [2.75, 3.05) is 33.8 Å². The molecule has 146 valence electrons. The van der Waals surface area contributed by atoms with Gasteiger partial charge in [-0.2, -0.15) is 0 Å². The fourth-order valence-corrected chi connectivity index (χ4v) is 2.81. The monoisotopic (exact) mass is 370 g/mol. The van der Waals surface area contributed by atoms with Crippen molar-refractivity contribution in [3.05, 3.63) is 64.6 Å². The molecule has 0 unspecified atom stereocenters. The van der Waals surface area contributed by atoms with Crippen LogP contribution in [0.5, 0.6) is 5.75 Å². The normalized spacial score (nSPS) is 11.3. The highest BCUT2D eigenvalue weighted by Gasteiger charge is 2.05. The lowest BCUT2D eigenvalue weighted by atomic mass is 10.3. The van der Waals surface area contributed by atoms with Gasteiger partial charge in [-0.3, -0.25) is 9.79 Å². The summed E-state index contributed by atoms with van der Waals surface area (Å²) in [5.41, 5.74) is 1.07. The van der Waals surface area contributed by atoms with Gasteiger partial charge < -0.3 is 19.5 Å². The number of guanidine groups is 1. The molecule has 0 amide bonds. The van der Waals surface area contributed by atoms with Crippen LogP contribution in [-0.4, -0.2) is 49.2 Å². The fraction of sp³-hybridized carbons (Fsp3) is 0.429. The van der Waals surface area contributed by atoms with Crippen molar-refractivity contribution in [1.29, 1.82) is 0 Å². The van der Waals surface area contributed by atoms with Gasteiger partial charge in [0.25, 0.3) is 5.56 Å². The molecule has 0 radical (unpaired) electrons. The van der Waals surface area contributed by atoms with E-state index in [4.69, 9.17) is 4.74 Å². The summed E-state index contributed by atoms with van der Waals surface area (Å²) < 4.78 is 7.55. The first-order valence-corrected chi connectivity index (χ1v) is 9.38. The minimum absolute atomic E-state index is 0.0666. The third-order valence-corrected chi connectivity index (χ3v) is 4.37. The van der Waals surface area contributed by atoms with Crippen LogP contribution in [0.25, 0.3) is 0 Å². The second-order valence-electron chi connectivity index (χ2n) is 6.42. The summed E-state index contributed by atoms with van der Waals surface area (Å²) in [5.74, 6) is 1.72. The van der Waals surface area contributed by atoms with Gasteiger partial charge in [0.15, 0.2) is 5.96 Å². The Morgan fingerprint density at radius 3 is 2.63 bits per heavy atom. The van der Waals surface area contributed by atoms with Crippen LogP contribution in [0.2, 0.25) is 0 Å². The van der Waals surface area contributed by atoms with Crippen molar-refractivity contribution < 1.29 is 4.74 Å². The molecule has 6 nitrogen and oxygen atoms in total. The predicted molar refractivity (Wildman–Crippen MR) is 111 cm³/mol. The first-order chi connectivity index (χ1) is 13.1. The van der Waals surface area contributed by atoms with Gasteiger partial charge in [0.1, 0.15) is 12.4 Å². The number of pyridine rings is 1. The molecule has 0 aliphatic rings. The van der Waals surface area contributed by atoms with E-state index in [1.54, 1.807) is 19.2 Å². The van der Waals surface area contributed by atoms with Gasteiger partial charge in [-0.25, -0.2) is 0 Å². The highest BCUT2D eigenvalue weighted by molar-refractivity contribution is 5.79. The molecule has 0 spiro atoms. The Morgan fingerprint density at radius 1 is 1.15 bits per heavy atom. The lowest BCUT2D eigenvalue weighted by Crippen LogP contribution is -2.41. The van der Waals surface area contributed by atoms with Gasteiger partial charge in [-0.05, 0) is 38.0 Å². The number of unbranched alkanes of at least 4 members (excludes halogenated alkanes) is 1. The maximum Gasteiger partial charge on any atom is 0.250 e. The maximum atomic E-state index is 11.9. The number of hydrogen-bond donors (Lipinski definition) is 1. The van der Waals surface area contributed by atoms with E-state index in [2.05, 4.69) is 15.2 Å². The van der Waals surface area contributed by atoms with E-state index in [9.17, 15) is 4.79 Å². The topological polar surface area (TPSA) is 58.9 Å². The summed E-state index contributed by atoms with van der Waals surface area (Å²) in [6.07, 6.45) is 1.91. The number of aliphatic imine (C=N–C) groups is 1. The quantitative estimate of drug-likeness (QED) is 0.419. The van der Waals surface area contributed by atoms with Crippen molar-refractivity contribution in [3.8, 4) is 5.75 Å². The Kier molecular flexibility index (Phi) is 8.42. The average molecular weight is 370 g/mol. The Labute approximate surface area is 161 Å². The Hall–Kier alpha value is -2.76. The average Bonchev–Trinajstić information content (AvgIpc) is 2.67. The summed E-state index contributed by atoms with van der Waals surface area (Å²) in [7, 11) is 3.78. The highest BCUT2D eigenvalue weighted by atomic mass is 16.5. The van der Waals surface area contributed by atoms with Gasteiger partial charge in [-0.1, -0.05) is 24.3 Å². The number of hydrogen-bond acceptors (Lipinski definition) is 3. The molecule has 0 saturated heterocycles. The summed E-state index contributed by atoms with van der Waals surface area (Å²) in [6.45, 7) is 4.86. The molecule has 1 aromatic heterocycles. The number of para-hydroxylation sites is 1. The molecule has 0 fully saturated rings. The Morgan fingerprint density at radius 2 is 1.93 bits per heavy atom. The summed E-state index contributed by atoms with van der Waals surface area (Å²) in [6, 6.07) is 15.2. The van der Waals surface area contributed by atoms with Crippen LogP contribution in [0, 0.1) is 6.92 Å². The van der Waals surface area contributed by atoms with E-state index in [1.807, 2.05) is 54.9 Å². The lowest BCUT2D eigenvalue weighted by molar-refractivity contribution is 0.281. The van der Waals surface area contributed by atoms with E-state index >= 15 is 0 Å². The van der Waals surface area contributed by atoms with Crippen molar-refractivity contribution in [3.63, 3.8) is 0 Å². The minimum Gasteiger partial charge on any atom is -0.492 e. The lowest BCUT2D eigenvalue weighted by Gasteiger charge is -2.22. The van der Waals surface area contributed by atoms with E-state index in [1.165, 1.54) is 0 Å². The molecule has 0 aliphatic carbocycles. The van der Waals surface area contributed by atoms with Crippen LogP contribution in [0.1, 0.15) is 18.5 Å². The van der Waals surface area contributed by atoms with Crippen molar-refractivity contribution in [2.45, 2.75) is 26.3 Å². The SMILES string of the molecule is CN=C(NCCCCn1c(C)cccc1=O)N(C)CCOc1ccccc1. The third kappa shape index (κ3) is 6.81. The number of rotatable bonds is 9. The molecular weight excluding hydrogens is 340 g/mol. The number of ether oxygens (including phenoxy) is 1. The van der Waals surface area contributed by atoms with Gasteiger partial charge in [0.05, 0.1) is 6.54 Å². The van der Waals surface area contributed by atoms with E-state index in [0.717, 1.165) is 49.9 Å². The van der Waals surface area contributed by atoms with Gasteiger partial charge in [0, 0.05) is 38.9 Å². The molecule has 1 heterocycles. The standard InChI is InChI=1S/C21H30N4O2/c1-18-10-9-13-20(26)25(18)15-8-7-14-23-21(22-2)24(3)16-17-27-19-11-5-4-6-12-19/h4-6,9-13H,7-8,14-17H2,1-3H3,(H,22,23). The zero-order valence-corrected chi connectivity index (χ0v) is 16.5. The number of aromatic nitrogens is 1. The number of aryl methyl sites for hydroxylation is 1. The number of benzene rings is 1. The molecule has 1 aromatic carbocycles. The Balaban J connectivity index is 1.66. The minimum atomic E-state index is 0.0666. The summed E-state index contributed by atoms with van der Waals surface area (Å²) >= 11 is 0. The van der Waals surface area contributed by atoms with Gasteiger partial charge in [0.2, 0.25) is 0 Å². The van der Waals surface area contributed by atoms with Crippen LogP contribution in [0.4, 0.5) is 0 Å². The van der Waals surface area contributed by atoms with E-state index in [0.29, 0.717) is 6.61 Å². The van der Waals surface area contributed by atoms with Crippen LogP contribution >= 0.6 is 0 Å². The largest absolute Gasteiger partial charge is 0.492 e. The van der Waals surface area contributed by atoms with Gasteiger partial charge >= 0.3 is 0 Å². The first-order valence-electron chi connectivity index (χ1n) is 9.38.